The first kappa shape index (κ1) is 18.2. The molecule has 0 atom stereocenters. The molecule has 3 rings (SSSR count). The molecule has 0 spiro atoms. The lowest BCUT2D eigenvalue weighted by atomic mass is 10.1. The Balaban J connectivity index is 1.61. The third-order valence-electron chi connectivity index (χ3n) is 3.85. The Hall–Kier alpha value is -3.61. The van der Waals surface area contributed by atoms with Crippen molar-refractivity contribution < 1.29 is 14.3 Å². The number of anilines is 1. The van der Waals surface area contributed by atoms with Gasteiger partial charge in [-0.25, -0.2) is 4.68 Å². The van der Waals surface area contributed by atoms with Crippen LogP contribution in [0.4, 0.5) is 5.69 Å². The molecule has 2 aromatic carbocycles. The Bertz CT molecular complexity index is 997. The maximum Gasteiger partial charge on any atom is 0.266 e. The van der Waals surface area contributed by atoms with Crippen LogP contribution in [-0.4, -0.2) is 29.4 Å². The van der Waals surface area contributed by atoms with Crippen LogP contribution in [0.25, 0.3) is 11.3 Å². The maximum absolute atomic E-state index is 12.1. The first-order valence-electron chi connectivity index (χ1n) is 8.27. The zero-order chi connectivity index (χ0) is 19.2. The molecule has 27 heavy (non-hydrogen) atoms. The van der Waals surface area contributed by atoms with E-state index in [0.717, 1.165) is 5.56 Å². The molecule has 1 aromatic heterocycles. The molecule has 0 aliphatic carbocycles. The van der Waals surface area contributed by atoms with E-state index in [1.165, 1.54) is 10.7 Å². The second-order valence-electron chi connectivity index (χ2n) is 5.75. The van der Waals surface area contributed by atoms with E-state index in [1.807, 2.05) is 24.3 Å². The van der Waals surface area contributed by atoms with Crippen molar-refractivity contribution in [3.8, 4) is 22.8 Å². The van der Waals surface area contributed by atoms with Gasteiger partial charge in [0.1, 0.15) is 0 Å². The van der Waals surface area contributed by atoms with E-state index in [9.17, 15) is 9.59 Å². The number of ether oxygens (including phenoxy) is 2. The highest BCUT2D eigenvalue weighted by molar-refractivity contribution is 5.92. The van der Waals surface area contributed by atoms with Crippen molar-refractivity contribution in [2.75, 3.05) is 19.0 Å². The molecule has 0 fully saturated rings. The third-order valence-corrected chi connectivity index (χ3v) is 3.85. The number of hydrogen-bond donors (Lipinski definition) is 1. The van der Waals surface area contributed by atoms with Crippen molar-refractivity contribution in [3.63, 3.8) is 0 Å². The van der Waals surface area contributed by atoms with Crippen LogP contribution in [-0.2, 0) is 11.8 Å². The van der Waals surface area contributed by atoms with Crippen molar-refractivity contribution in [1.82, 2.24) is 9.78 Å². The van der Waals surface area contributed by atoms with Gasteiger partial charge in [0.25, 0.3) is 11.5 Å². The number of methoxy groups -OCH3 is 1. The molecule has 7 heteroatoms. The lowest BCUT2D eigenvalue weighted by Gasteiger charge is -2.11. The molecule has 1 amide bonds. The number of benzene rings is 2. The number of carbonyl (C=O) groups excluding carboxylic acids is 1. The molecule has 3 aromatic rings. The zero-order valence-electron chi connectivity index (χ0n) is 15.0. The van der Waals surface area contributed by atoms with Gasteiger partial charge in [-0.2, -0.15) is 5.10 Å². The highest BCUT2D eigenvalue weighted by Crippen LogP contribution is 2.25. The standard InChI is InChI=1S/C20H19N3O4/c1-23-20(25)12-11-16(22-23)14-7-9-15(10-8-14)21-19(24)13-27-18-6-4-3-5-17(18)26-2/h3-12H,13H2,1-2H3,(H,21,24). The average Bonchev–Trinajstić information content (AvgIpc) is 2.69. The van der Waals surface area contributed by atoms with Gasteiger partial charge in [-0.05, 0) is 30.3 Å². The first-order chi connectivity index (χ1) is 13.1. The molecular formula is C20H19N3O4. The Morgan fingerprint density at radius 2 is 1.74 bits per heavy atom. The first-order valence-corrected chi connectivity index (χ1v) is 8.27. The summed E-state index contributed by atoms with van der Waals surface area (Å²) in [6, 6.07) is 17.4. The predicted octanol–water partition coefficient (Wildman–Crippen LogP) is 2.47. The average molecular weight is 365 g/mol. The largest absolute Gasteiger partial charge is 0.493 e. The van der Waals surface area contributed by atoms with Crippen molar-refractivity contribution in [2.45, 2.75) is 0 Å². The van der Waals surface area contributed by atoms with Crippen molar-refractivity contribution in [1.29, 1.82) is 0 Å². The summed E-state index contributed by atoms with van der Waals surface area (Å²) in [5, 5.41) is 6.97. The number of para-hydroxylation sites is 2. The van der Waals surface area contributed by atoms with Crippen molar-refractivity contribution in [3.05, 3.63) is 71.0 Å². The summed E-state index contributed by atoms with van der Waals surface area (Å²) >= 11 is 0. The quantitative estimate of drug-likeness (QED) is 0.726. The van der Waals surface area contributed by atoms with Crippen LogP contribution < -0.4 is 20.3 Å². The summed E-state index contributed by atoms with van der Waals surface area (Å²) in [6.07, 6.45) is 0. The van der Waals surface area contributed by atoms with E-state index in [2.05, 4.69) is 10.4 Å². The number of aromatic nitrogens is 2. The Morgan fingerprint density at radius 1 is 1.04 bits per heavy atom. The second-order valence-corrected chi connectivity index (χ2v) is 5.75. The third kappa shape index (κ3) is 4.52. The Morgan fingerprint density at radius 3 is 2.41 bits per heavy atom. The maximum atomic E-state index is 12.1. The molecule has 1 heterocycles. The molecule has 0 aliphatic rings. The zero-order valence-corrected chi connectivity index (χ0v) is 15.0. The fourth-order valence-electron chi connectivity index (χ4n) is 2.46. The topological polar surface area (TPSA) is 82.5 Å². The van der Waals surface area contributed by atoms with Gasteiger partial charge in [0.2, 0.25) is 0 Å². The van der Waals surface area contributed by atoms with E-state index < -0.39 is 0 Å². The molecule has 0 bridgehead atoms. The minimum Gasteiger partial charge on any atom is -0.493 e. The van der Waals surface area contributed by atoms with E-state index in [-0.39, 0.29) is 18.1 Å². The van der Waals surface area contributed by atoms with Gasteiger partial charge < -0.3 is 14.8 Å². The van der Waals surface area contributed by atoms with Crippen molar-refractivity contribution in [2.24, 2.45) is 7.05 Å². The van der Waals surface area contributed by atoms with E-state index in [1.54, 1.807) is 44.5 Å². The number of carbonyl (C=O) groups is 1. The normalized spacial score (nSPS) is 10.3. The molecular weight excluding hydrogens is 346 g/mol. The SMILES string of the molecule is COc1ccccc1OCC(=O)Nc1ccc(-c2ccc(=O)n(C)n2)cc1. The minimum absolute atomic E-state index is 0.134. The van der Waals surface area contributed by atoms with E-state index in [4.69, 9.17) is 9.47 Å². The number of amides is 1. The smallest absolute Gasteiger partial charge is 0.266 e. The van der Waals surface area contributed by atoms with Crippen LogP contribution in [0.3, 0.4) is 0 Å². The molecule has 7 nitrogen and oxygen atoms in total. The number of nitrogens with zero attached hydrogens (tertiary/aromatic N) is 2. The van der Waals surface area contributed by atoms with Gasteiger partial charge >= 0.3 is 0 Å². The van der Waals surface area contributed by atoms with Crippen LogP contribution >= 0.6 is 0 Å². The number of rotatable bonds is 6. The van der Waals surface area contributed by atoms with Gasteiger partial charge in [0.15, 0.2) is 18.1 Å². The molecule has 0 saturated heterocycles. The van der Waals surface area contributed by atoms with Gasteiger partial charge in [-0.3, -0.25) is 9.59 Å². The Kier molecular flexibility index (Phi) is 5.51. The molecule has 0 aliphatic heterocycles. The summed E-state index contributed by atoms with van der Waals surface area (Å²) in [7, 11) is 3.14. The van der Waals surface area contributed by atoms with Crippen LogP contribution in [0.2, 0.25) is 0 Å². The van der Waals surface area contributed by atoms with Crippen LogP contribution in [0.5, 0.6) is 11.5 Å². The summed E-state index contributed by atoms with van der Waals surface area (Å²) in [5.41, 5.74) is 1.98. The number of nitrogens with one attached hydrogen (secondary N) is 1. The molecule has 1 N–H and O–H groups in total. The molecule has 0 saturated carbocycles. The van der Waals surface area contributed by atoms with E-state index >= 15 is 0 Å². The summed E-state index contributed by atoms with van der Waals surface area (Å²) in [4.78, 5) is 23.5. The van der Waals surface area contributed by atoms with E-state index in [0.29, 0.717) is 22.9 Å². The van der Waals surface area contributed by atoms with Crippen LogP contribution in [0, 0.1) is 0 Å². The summed E-state index contributed by atoms with van der Waals surface area (Å²) < 4.78 is 12.0. The number of aryl methyl sites for hydroxylation is 1. The van der Waals surface area contributed by atoms with Crippen LogP contribution in [0.1, 0.15) is 0 Å². The lowest BCUT2D eigenvalue weighted by Crippen LogP contribution is -2.20. The van der Waals surface area contributed by atoms with Crippen molar-refractivity contribution >= 4 is 11.6 Å². The highest BCUT2D eigenvalue weighted by Gasteiger charge is 2.08. The van der Waals surface area contributed by atoms with Gasteiger partial charge in [-0.1, -0.05) is 24.3 Å². The second kappa shape index (κ2) is 8.18. The monoisotopic (exact) mass is 365 g/mol. The number of hydrogen-bond acceptors (Lipinski definition) is 5. The molecule has 0 radical (unpaired) electrons. The van der Waals surface area contributed by atoms with Crippen LogP contribution in [0.15, 0.2) is 65.5 Å². The summed E-state index contributed by atoms with van der Waals surface area (Å²) in [6.45, 7) is -0.134. The van der Waals surface area contributed by atoms with Gasteiger partial charge in [-0.15, -0.1) is 0 Å². The fraction of sp³-hybridized carbons (Fsp3) is 0.150. The Labute approximate surface area is 156 Å². The van der Waals surface area contributed by atoms with Gasteiger partial charge in [0.05, 0.1) is 12.8 Å². The molecule has 138 valence electrons. The minimum atomic E-state index is -0.283. The fourth-order valence-corrected chi connectivity index (χ4v) is 2.46. The van der Waals surface area contributed by atoms with Gasteiger partial charge in [0, 0.05) is 24.4 Å². The highest BCUT2D eigenvalue weighted by atomic mass is 16.5. The molecule has 0 unspecified atom stereocenters. The lowest BCUT2D eigenvalue weighted by molar-refractivity contribution is -0.118. The summed E-state index contributed by atoms with van der Waals surface area (Å²) in [5.74, 6) is 0.791. The predicted molar refractivity (Wildman–Crippen MR) is 102 cm³/mol.